The smallest absolute Gasteiger partial charge is 0.324 e. The first kappa shape index (κ1) is 52.2. The van der Waals surface area contributed by atoms with Gasteiger partial charge in [-0.2, -0.15) is 46.8 Å². The lowest BCUT2D eigenvalue weighted by molar-refractivity contribution is -0.137. The summed E-state index contributed by atoms with van der Waals surface area (Å²) < 4.78 is 82.0. The van der Waals surface area contributed by atoms with E-state index < -0.39 is 92.2 Å². The summed E-state index contributed by atoms with van der Waals surface area (Å²) in [6.07, 6.45) is -9.82. The van der Waals surface area contributed by atoms with Crippen LogP contribution in [0.4, 0.5) is 60.5 Å². The number of halogens is 10. The first-order valence-electron chi connectivity index (χ1n) is 19.3. The highest BCUT2D eigenvalue weighted by molar-refractivity contribution is 6.37. The molecule has 0 aliphatic carbocycles. The van der Waals surface area contributed by atoms with Crippen LogP contribution < -0.4 is 21.3 Å². The van der Waals surface area contributed by atoms with Crippen LogP contribution in [-0.2, 0) is 31.5 Å². The van der Waals surface area contributed by atoms with Crippen molar-refractivity contribution in [2.75, 3.05) is 21.3 Å². The summed E-state index contributed by atoms with van der Waals surface area (Å²) in [5.41, 5.74) is -3.82. The number of carbonyl (C=O) groups is 6. The number of amides is 4. The van der Waals surface area contributed by atoms with E-state index in [4.69, 9.17) is 46.4 Å². The van der Waals surface area contributed by atoms with Crippen molar-refractivity contribution < 1.29 is 55.1 Å². The van der Waals surface area contributed by atoms with Crippen LogP contribution in [0.15, 0.2) is 105 Å². The normalized spacial score (nSPS) is 12.7. The van der Waals surface area contributed by atoms with E-state index in [9.17, 15) is 55.1 Å². The summed E-state index contributed by atoms with van der Waals surface area (Å²) in [7, 11) is 0. The molecule has 0 radical (unpaired) electrons. The van der Waals surface area contributed by atoms with Gasteiger partial charge in [0, 0.05) is 11.4 Å². The van der Waals surface area contributed by atoms with Gasteiger partial charge >= 0.3 is 12.4 Å². The summed E-state index contributed by atoms with van der Waals surface area (Å²) in [4.78, 5) is 78.1. The second-order valence-corrected chi connectivity index (χ2v) is 15.9. The molecule has 2 atom stereocenters. The van der Waals surface area contributed by atoms with Gasteiger partial charge in [-0.1, -0.05) is 70.7 Å². The lowest BCUT2D eigenvalue weighted by Gasteiger charge is -2.17. The number of benzene rings is 5. The quantitative estimate of drug-likeness (QED) is 0.0484. The Hall–Kier alpha value is -6.74. The monoisotopic (exact) mass is 1020 g/mol. The number of nitrogens with one attached hydrogen (secondary N) is 4. The summed E-state index contributed by atoms with van der Waals surface area (Å²) in [5.74, 6) is -5.58. The minimum atomic E-state index is -4.91. The molecule has 0 aromatic heterocycles. The van der Waals surface area contributed by atoms with Crippen molar-refractivity contribution in [1.82, 2.24) is 0 Å². The maximum Gasteiger partial charge on any atom is 0.419 e. The lowest BCUT2D eigenvalue weighted by Crippen LogP contribution is -2.33. The molecule has 0 aliphatic rings. The highest BCUT2D eigenvalue weighted by Crippen LogP contribution is 2.42. The maximum absolute atomic E-state index is 13.7. The molecule has 5 aromatic rings. The molecule has 0 aliphatic heterocycles. The Morgan fingerprint density at radius 1 is 0.485 bits per heavy atom. The van der Waals surface area contributed by atoms with Crippen LogP contribution in [0, 0.1) is 13.8 Å². The summed E-state index contributed by atoms with van der Waals surface area (Å²) in [5, 5.41) is 22.7. The Morgan fingerprint density at radius 3 is 1.15 bits per heavy atom. The molecule has 0 fully saturated rings. The van der Waals surface area contributed by atoms with Crippen molar-refractivity contribution >= 4 is 116 Å². The minimum absolute atomic E-state index is 0.161. The molecule has 4 N–H and O–H groups in total. The zero-order chi connectivity index (χ0) is 50.4. The predicted octanol–water partition coefficient (Wildman–Crippen LogP) is 12.8. The Morgan fingerprint density at radius 2 is 0.824 bits per heavy atom. The summed E-state index contributed by atoms with van der Waals surface area (Å²) in [6, 6.07) is 13.1. The van der Waals surface area contributed by atoms with Crippen LogP contribution in [0.2, 0.25) is 20.1 Å². The molecule has 68 heavy (non-hydrogen) atoms. The van der Waals surface area contributed by atoms with E-state index in [0.717, 1.165) is 38.1 Å². The van der Waals surface area contributed by atoms with Crippen LogP contribution in [-0.4, -0.2) is 47.3 Å². The molecule has 2 unspecified atom stereocenters. The summed E-state index contributed by atoms with van der Waals surface area (Å²) >= 11 is 24.3. The van der Waals surface area contributed by atoms with E-state index in [1.807, 2.05) is 0 Å². The Labute approximate surface area is 401 Å². The molecule has 0 heterocycles. The van der Waals surface area contributed by atoms with Crippen molar-refractivity contribution in [3.8, 4) is 0 Å². The van der Waals surface area contributed by atoms with E-state index in [1.165, 1.54) is 60.7 Å². The van der Waals surface area contributed by atoms with Crippen molar-refractivity contribution in [1.29, 1.82) is 0 Å². The predicted molar refractivity (Wildman–Crippen MR) is 243 cm³/mol. The highest BCUT2D eigenvalue weighted by Gasteiger charge is 2.38. The molecular weight excluding hydrogens is 992 g/mol. The lowest BCUT2D eigenvalue weighted by atomic mass is 10.0. The SMILES string of the molecule is CC(=O)C(N=Nc1cccc(C(=O)Nc2cccc(Cl)c2C(F)(F)F)c1Cl)C(=O)Nc1ccc(NC(=O)C(N=Nc2cccc(C(=O)Nc3cccc(Cl)c3C(F)(F)F)c2Cl)C(C)=O)c(C)c1C. The number of nitrogens with zero attached hydrogens (tertiary/aromatic N) is 4. The maximum atomic E-state index is 13.7. The topological polar surface area (TPSA) is 200 Å². The second kappa shape index (κ2) is 21.5. The number of hydrogen-bond acceptors (Lipinski definition) is 10. The van der Waals surface area contributed by atoms with E-state index in [1.54, 1.807) is 13.8 Å². The van der Waals surface area contributed by atoms with E-state index in [2.05, 4.69) is 41.7 Å². The molecule has 0 saturated heterocycles. The third-order valence-corrected chi connectivity index (χ3v) is 11.1. The minimum Gasteiger partial charge on any atom is -0.324 e. The number of hydrogen-bond donors (Lipinski definition) is 4. The molecular formula is C44H32Cl4F6N8O6. The van der Waals surface area contributed by atoms with Crippen molar-refractivity contribution in [3.05, 3.63) is 138 Å². The van der Waals surface area contributed by atoms with Gasteiger partial charge in [-0.25, -0.2) is 0 Å². The van der Waals surface area contributed by atoms with E-state index >= 15 is 0 Å². The van der Waals surface area contributed by atoms with Gasteiger partial charge in [0.25, 0.3) is 23.6 Å². The van der Waals surface area contributed by atoms with Crippen LogP contribution in [0.3, 0.4) is 0 Å². The van der Waals surface area contributed by atoms with Gasteiger partial charge < -0.3 is 21.3 Å². The van der Waals surface area contributed by atoms with Crippen molar-refractivity contribution in [2.45, 2.75) is 52.1 Å². The van der Waals surface area contributed by atoms with Gasteiger partial charge in [0.05, 0.1) is 53.7 Å². The van der Waals surface area contributed by atoms with Crippen molar-refractivity contribution in [3.63, 3.8) is 0 Å². The van der Waals surface area contributed by atoms with Gasteiger partial charge in [0.15, 0.2) is 11.6 Å². The fourth-order valence-electron chi connectivity index (χ4n) is 6.13. The zero-order valence-corrected chi connectivity index (χ0v) is 38.3. The highest BCUT2D eigenvalue weighted by atomic mass is 35.5. The van der Waals surface area contributed by atoms with Crippen LogP contribution in [0.1, 0.15) is 56.8 Å². The fourth-order valence-corrected chi connectivity index (χ4v) is 7.19. The van der Waals surface area contributed by atoms with Gasteiger partial charge in [-0.05, 0) is 99.5 Å². The first-order chi connectivity index (χ1) is 31.8. The van der Waals surface area contributed by atoms with Crippen LogP contribution in [0.25, 0.3) is 0 Å². The molecule has 14 nitrogen and oxygen atoms in total. The number of Topliss-reactive ketones (excluding diaryl/α,β-unsaturated/α-hetero) is 2. The van der Waals surface area contributed by atoms with Gasteiger partial charge in [-0.15, -0.1) is 0 Å². The molecule has 24 heteroatoms. The molecule has 4 amide bonds. The van der Waals surface area contributed by atoms with Gasteiger partial charge in [0.2, 0.25) is 12.1 Å². The van der Waals surface area contributed by atoms with E-state index in [0.29, 0.717) is 11.1 Å². The van der Waals surface area contributed by atoms with Crippen molar-refractivity contribution in [2.24, 2.45) is 20.5 Å². The number of alkyl halides is 6. The first-order valence-corrected chi connectivity index (χ1v) is 20.8. The standard InChI is InChI=1S/C44H32Cl4F6N8O6/c1-19-20(2)28(56-42(68)38(22(4)64)62-60-32-16-6-10-24(36(32)48)40(66)58-30-14-8-12-26(46)34(30)44(52,53)54)18-17-27(19)55-41(67)37(21(3)63)61-59-31-15-5-9-23(35(31)47)39(65)57-29-13-7-11-25(45)33(29)43(49,50)51/h5-18,37-38H,1-4H3,(H,55,67)(H,56,68)(H,57,65)(H,58,66). The van der Waals surface area contributed by atoms with Gasteiger partial charge in [-0.3, -0.25) is 28.8 Å². The fraction of sp³-hybridized carbons (Fsp3) is 0.182. The third-order valence-electron chi connectivity index (χ3n) is 9.67. The van der Waals surface area contributed by atoms with Gasteiger partial charge in [0.1, 0.15) is 11.4 Å². The number of anilines is 4. The van der Waals surface area contributed by atoms with Crippen LogP contribution in [0.5, 0.6) is 0 Å². The number of ketones is 2. The second-order valence-electron chi connectivity index (χ2n) is 14.4. The molecule has 5 rings (SSSR count). The molecule has 0 spiro atoms. The summed E-state index contributed by atoms with van der Waals surface area (Å²) in [6.45, 7) is 5.23. The number of azo groups is 2. The average molecular weight is 1020 g/mol. The largest absolute Gasteiger partial charge is 0.419 e. The van der Waals surface area contributed by atoms with Crippen LogP contribution >= 0.6 is 46.4 Å². The Balaban J connectivity index is 1.28. The third kappa shape index (κ3) is 12.2. The molecule has 5 aromatic carbocycles. The molecule has 0 bridgehead atoms. The molecule has 354 valence electrons. The number of carbonyl (C=O) groups excluding carboxylic acids is 6. The number of rotatable bonds is 14. The molecule has 0 saturated carbocycles. The average Bonchev–Trinajstić information content (AvgIpc) is 3.23. The Bertz CT molecular complexity index is 2740. The zero-order valence-electron chi connectivity index (χ0n) is 35.3. The Kier molecular flexibility index (Phi) is 16.5. The van der Waals surface area contributed by atoms with E-state index in [-0.39, 0.29) is 43.9 Å².